The van der Waals surface area contributed by atoms with Crippen LogP contribution in [0.15, 0.2) is 188 Å². The van der Waals surface area contributed by atoms with Crippen LogP contribution < -0.4 is 9.80 Å². The minimum Gasteiger partial charge on any atom is -0.318 e. The van der Waals surface area contributed by atoms with Gasteiger partial charge in [0.2, 0.25) is 0 Å². The van der Waals surface area contributed by atoms with Crippen LogP contribution >= 0.6 is 0 Å². The lowest BCUT2D eigenvalue weighted by atomic mass is 9.82. The van der Waals surface area contributed by atoms with Crippen molar-refractivity contribution in [3.63, 3.8) is 0 Å². The Hall–Kier alpha value is -7.17. The fourth-order valence-electron chi connectivity index (χ4n) is 10.2. The minimum atomic E-state index is -0.118. The maximum Gasteiger partial charge on any atom is 0.147 e. The molecule has 1 unspecified atom stereocenters. The molecule has 0 fully saturated rings. The standard InChI is InChI=1S/C54H40N4/c1-54(2)44-25-12-8-23-42(44)50-45(54)26-16-30-49(50)56(46-27-13-9-19-38(46)35-17-4-3-5-18-35)36-31-33-37(34-32-36)57-48-29-15-11-24-43(48)51-53(57)58-47-28-14-10-21-40(47)39-20-6-7-22-41(39)52(58)55-51/h3-28,30-34,48H,29H2,1-2H3. The first kappa shape index (κ1) is 33.0. The van der Waals surface area contributed by atoms with Gasteiger partial charge in [0.25, 0.3) is 0 Å². The molecule has 3 heterocycles. The quantitative estimate of drug-likeness (QED) is 0.164. The van der Waals surface area contributed by atoms with Crippen molar-refractivity contribution in [2.75, 3.05) is 9.80 Å². The second-order valence-electron chi connectivity index (χ2n) is 16.3. The van der Waals surface area contributed by atoms with Gasteiger partial charge in [-0.15, -0.1) is 0 Å². The van der Waals surface area contributed by atoms with Gasteiger partial charge >= 0.3 is 0 Å². The van der Waals surface area contributed by atoms with Crippen LogP contribution in [0.25, 0.3) is 55.1 Å². The second-order valence-corrected chi connectivity index (χ2v) is 16.3. The Morgan fingerprint density at radius 3 is 2.12 bits per heavy atom. The number of hydrogen-bond acceptors (Lipinski definition) is 3. The normalized spacial score (nSPS) is 16.0. The number of nitrogens with zero attached hydrogens (tertiary/aromatic N) is 4. The highest BCUT2D eigenvalue weighted by Gasteiger charge is 2.41. The summed E-state index contributed by atoms with van der Waals surface area (Å²) in [5, 5.41) is 3.63. The summed E-state index contributed by atoms with van der Waals surface area (Å²) < 4.78 is 2.41. The molecule has 2 aliphatic carbocycles. The minimum absolute atomic E-state index is 0.118. The van der Waals surface area contributed by atoms with E-state index in [2.05, 4.69) is 216 Å². The Kier molecular flexibility index (Phi) is 7.07. The molecule has 4 nitrogen and oxygen atoms in total. The van der Waals surface area contributed by atoms with Crippen LogP contribution in [0.3, 0.4) is 0 Å². The van der Waals surface area contributed by atoms with E-state index < -0.39 is 0 Å². The molecule has 276 valence electrons. The van der Waals surface area contributed by atoms with E-state index in [9.17, 15) is 0 Å². The third-order valence-electron chi connectivity index (χ3n) is 12.8. The fraction of sp³-hybridized carbons (Fsp3) is 0.0926. The van der Waals surface area contributed by atoms with Gasteiger partial charge in [-0.25, -0.2) is 4.98 Å². The number of hydrogen-bond donors (Lipinski definition) is 0. The summed E-state index contributed by atoms with van der Waals surface area (Å²) in [4.78, 5) is 10.5. The summed E-state index contributed by atoms with van der Waals surface area (Å²) in [7, 11) is 0. The van der Waals surface area contributed by atoms with E-state index in [1.165, 1.54) is 66.3 Å². The van der Waals surface area contributed by atoms with Gasteiger partial charge in [0.05, 0.1) is 22.9 Å². The number of fused-ring (bicyclic) bond motifs is 13. The number of allylic oxidation sites excluding steroid dienone is 2. The van der Waals surface area contributed by atoms with Gasteiger partial charge in [-0.3, -0.25) is 4.40 Å². The molecule has 0 saturated carbocycles. The van der Waals surface area contributed by atoms with Crippen molar-refractivity contribution in [1.82, 2.24) is 9.38 Å². The van der Waals surface area contributed by atoms with E-state index in [4.69, 9.17) is 4.98 Å². The van der Waals surface area contributed by atoms with E-state index in [0.717, 1.165) is 40.6 Å². The summed E-state index contributed by atoms with van der Waals surface area (Å²) >= 11 is 0. The molecule has 0 amide bonds. The lowest BCUT2D eigenvalue weighted by Gasteiger charge is -2.32. The molecule has 0 bridgehead atoms. The maximum atomic E-state index is 5.47. The van der Waals surface area contributed by atoms with Crippen molar-refractivity contribution in [3.05, 3.63) is 205 Å². The molecule has 0 saturated heterocycles. The molecular weight excluding hydrogens is 705 g/mol. The van der Waals surface area contributed by atoms with Gasteiger partial charge in [-0.2, -0.15) is 0 Å². The average Bonchev–Trinajstić information content (AvgIpc) is 3.90. The number of pyridine rings is 1. The van der Waals surface area contributed by atoms with Gasteiger partial charge in [-0.1, -0.05) is 159 Å². The first-order valence-corrected chi connectivity index (χ1v) is 20.3. The lowest BCUT2D eigenvalue weighted by Crippen LogP contribution is -2.28. The third-order valence-corrected chi connectivity index (χ3v) is 12.8. The van der Waals surface area contributed by atoms with Crippen LogP contribution in [-0.4, -0.2) is 15.4 Å². The molecule has 3 aliphatic rings. The molecule has 0 spiro atoms. The number of para-hydroxylation sites is 2. The molecule has 1 atom stereocenters. The molecule has 4 heteroatoms. The molecule has 2 aromatic heterocycles. The number of aromatic nitrogens is 2. The van der Waals surface area contributed by atoms with Crippen LogP contribution in [0.4, 0.5) is 28.6 Å². The highest BCUT2D eigenvalue weighted by atomic mass is 15.3. The van der Waals surface area contributed by atoms with Gasteiger partial charge in [0, 0.05) is 44.3 Å². The second kappa shape index (κ2) is 12.4. The summed E-state index contributed by atoms with van der Waals surface area (Å²) in [6.07, 6.45) is 7.68. The number of rotatable bonds is 5. The van der Waals surface area contributed by atoms with Gasteiger partial charge in [0.1, 0.15) is 17.2 Å². The SMILES string of the molecule is CC1(C)c2ccccc2-c2c(N(c3ccc(N4c5c(nc6c7ccccc7c7ccccc7n56)C5=CC=CCC54)cc3)c3ccccc3-c3ccccc3)cccc21. The van der Waals surface area contributed by atoms with Crippen molar-refractivity contribution < 1.29 is 0 Å². The van der Waals surface area contributed by atoms with Crippen molar-refractivity contribution in [2.45, 2.75) is 31.7 Å². The largest absolute Gasteiger partial charge is 0.318 e. The Morgan fingerprint density at radius 1 is 0.603 bits per heavy atom. The van der Waals surface area contributed by atoms with Crippen LogP contribution in [0.5, 0.6) is 0 Å². The van der Waals surface area contributed by atoms with E-state index in [0.29, 0.717) is 0 Å². The Bertz CT molecular complexity index is 3180. The Balaban J connectivity index is 1.07. The molecule has 12 rings (SSSR count). The fourth-order valence-corrected chi connectivity index (χ4v) is 10.2. The molecule has 9 aromatic rings. The van der Waals surface area contributed by atoms with Gasteiger partial charge in [0.15, 0.2) is 0 Å². The smallest absolute Gasteiger partial charge is 0.147 e. The Labute approximate surface area is 338 Å². The summed E-state index contributed by atoms with van der Waals surface area (Å²) in [5.41, 5.74) is 16.7. The Morgan fingerprint density at radius 2 is 1.28 bits per heavy atom. The number of imidazole rings is 1. The highest BCUT2D eigenvalue weighted by Crippen LogP contribution is 2.55. The zero-order valence-corrected chi connectivity index (χ0v) is 32.5. The van der Waals surface area contributed by atoms with Crippen LogP contribution in [-0.2, 0) is 5.41 Å². The van der Waals surface area contributed by atoms with Gasteiger partial charge in [-0.05, 0) is 76.5 Å². The monoisotopic (exact) mass is 744 g/mol. The molecular formula is C54H40N4. The van der Waals surface area contributed by atoms with Crippen LogP contribution in [0.2, 0.25) is 0 Å². The predicted octanol–water partition coefficient (Wildman–Crippen LogP) is 13.9. The van der Waals surface area contributed by atoms with Gasteiger partial charge < -0.3 is 9.80 Å². The van der Waals surface area contributed by atoms with Crippen molar-refractivity contribution in [2.24, 2.45) is 0 Å². The average molecular weight is 745 g/mol. The maximum absolute atomic E-state index is 5.47. The van der Waals surface area contributed by atoms with Crippen molar-refractivity contribution >= 4 is 61.5 Å². The summed E-state index contributed by atoms with van der Waals surface area (Å²) in [6, 6.07) is 62.3. The molecule has 0 N–H and O–H groups in total. The molecule has 0 radical (unpaired) electrons. The van der Waals surface area contributed by atoms with Crippen molar-refractivity contribution in [3.8, 4) is 22.3 Å². The molecule has 58 heavy (non-hydrogen) atoms. The summed E-state index contributed by atoms with van der Waals surface area (Å²) in [5.74, 6) is 1.13. The number of anilines is 5. The first-order chi connectivity index (χ1) is 28.6. The highest BCUT2D eigenvalue weighted by molar-refractivity contribution is 6.13. The van der Waals surface area contributed by atoms with E-state index in [1.807, 2.05) is 0 Å². The molecule has 7 aromatic carbocycles. The summed E-state index contributed by atoms with van der Waals surface area (Å²) in [6.45, 7) is 4.72. The zero-order chi connectivity index (χ0) is 38.5. The zero-order valence-electron chi connectivity index (χ0n) is 32.5. The topological polar surface area (TPSA) is 23.8 Å². The van der Waals surface area contributed by atoms with Crippen LogP contribution in [0, 0.1) is 0 Å². The third kappa shape index (κ3) is 4.60. The van der Waals surface area contributed by atoms with Crippen LogP contribution in [0.1, 0.15) is 37.1 Å². The van der Waals surface area contributed by atoms with E-state index in [-0.39, 0.29) is 11.5 Å². The first-order valence-electron chi connectivity index (χ1n) is 20.3. The lowest BCUT2D eigenvalue weighted by molar-refractivity contribution is 0.660. The predicted molar refractivity (Wildman–Crippen MR) is 242 cm³/mol. The van der Waals surface area contributed by atoms with E-state index >= 15 is 0 Å². The molecule has 1 aliphatic heterocycles. The number of benzene rings is 7. The van der Waals surface area contributed by atoms with E-state index in [1.54, 1.807) is 0 Å². The van der Waals surface area contributed by atoms with Crippen molar-refractivity contribution in [1.29, 1.82) is 0 Å².